The molecule has 0 aromatic heterocycles. The molecule has 104 valence electrons. The fraction of sp³-hybridized carbons (Fsp3) is 0.846. The summed E-state index contributed by atoms with van der Waals surface area (Å²) >= 11 is 0. The Balaban J connectivity index is 2.52. The molecular formula is C13H25N3O2. The number of carbonyl (C=O) groups is 2. The monoisotopic (exact) mass is 255 g/mol. The summed E-state index contributed by atoms with van der Waals surface area (Å²) in [5, 5.41) is 2.93. The van der Waals surface area contributed by atoms with Gasteiger partial charge in [-0.3, -0.25) is 9.59 Å². The van der Waals surface area contributed by atoms with Crippen LogP contribution in [-0.2, 0) is 9.59 Å². The van der Waals surface area contributed by atoms with E-state index in [9.17, 15) is 9.59 Å². The molecule has 1 saturated heterocycles. The molecule has 0 saturated carbocycles. The number of amides is 2. The summed E-state index contributed by atoms with van der Waals surface area (Å²) < 4.78 is 0. The lowest BCUT2D eigenvalue weighted by Gasteiger charge is -2.35. The van der Waals surface area contributed by atoms with Crippen molar-refractivity contribution in [1.29, 1.82) is 0 Å². The molecule has 3 N–H and O–H groups in total. The van der Waals surface area contributed by atoms with E-state index in [2.05, 4.69) is 5.32 Å². The first-order chi connectivity index (χ1) is 8.25. The zero-order chi connectivity index (χ0) is 13.9. The Hall–Kier alpha value is -1.10. The van der Waals surface area contributed by atoms with Crippen molar-refractivity contribution >= 4 is 11.8 Å². The molecular weight excluding hydrogens is 230 g/mol. The van der Waals surface area contributed by atoms with Crippen LogP contribution in [0.5, 0.6) is 0 Å². The number of hydrogen-bond acceptors (Lipinski definition) is 3. The van der Waals surface area contributed by atoms with Crippen LogP contribution in [-0.4, -0.2) is 41.4 Å². The van der Waals surface area contributed by atoms with Crippen LogP contribution < -0.4 is 11.1 Å². The van der Waals surface area contributed by atoms with Gasteiger partial charge in [0.2, 0.25) is 11.8 Å². The summed E-state index contributed by atoms with van der Waals surface area (Å²) in [7, 11) is 0. The van der Waals surface area contributed by atoms with Gasteiger partial charge < -0.3 is 16.0 Å². The first-order valence-electron chi connectivity index (χ1n) is 6.59. The molecule has 2 unspecified atom stereocenters. The highest BCUT2D eigenvalue weighted by molar-refractivity contribution is 5.85. The number of piperidine rings is 1. The van der Waals surface area contributed by atoms with E-state index in [-0.39, 0.29) is 35.9 Å². The number of nitrogens with zero attached hydrogens (tertiary/aromatic N) is 1. The Bertz CT molecular complexity index is 328. The van der Waals surface area contributed by atoms with Gasteiger partial charge in [-0.1, -0.05) is 13.8 Å². The van der Waals surface area contributed by atoms with Crippen LogP contribution in [0.2, 0.25) is 0 Å². The van der Waals surface area contributed by atoms with E-state index < -0.39 is 0 Å². The largest absolute Gasteiger partial charge is 0.350 e. The van der Waals surface area contributed by atoms with E-state index in [4.69, 9.17) is 5.73 Å². The molecule has 0 aromatic carbocycles. The first-order valence-corrected chi connectivity index (χ1v) is 6.59. The average molecular weight is 255 g/mol. The van der Waals surface area contributed by atoms with Gasteiger partial charge in [0, 0.05) is 24.5 Å². The summed E-state index contributed by atoms with van der Waals surface area (Å²) in [6.07, 6.45) is 1.29. The minimum absolute atomic E-state index is 0.0219. The molecule has 2 amide bonds. The second-order valence-electron chi connectivity index (χ2n) is 5.91. The Morgan fingerprint density at radius 2 is 2.17 bits per heavy atom. The lowest BCUT2D eigenvalue weighted by atomic mass is 9.93. The summed E-state index contributed by atoms with van der Waals surface area (Å²) in [5.41, 5.74) is 5.70. The zero-order valence-corrected chi connectivity index (χ0v) is 11.8. The van der Waals surface area contributed by atoms with Crippen molar-refractivity contribution < 1.29 is 9.59 Å². The topological polar surface area (TPSA) is 75.4 Å². The molecule has 2 atom stereocenters. The molecule has 18 heavy (non-hydrogen) atoms. The maximum Gasteiger partial charge on any atom is 0.240 e. The second kappa shape index (κ2) is 5.69. The highest BCUT2D eigenvalue weighted by Crippen LogP contribution is 2.16. The zero-order valence-electron chi connectivity index (χ0n) is 11.8. The smallest absolute Gasteiger partial charge is 0.240 e. The van der Waals surface area contributed by atoms with Crippen molar-refractivity contribution in [3.05, 3.63) is 0 Å². The van der Waals surface area contributed by atoms with Crippen LogP contribution in [0.4, 0.5) is 0 Å². The number of hydrogen-bond donors (Lipinski definition) is 2. The molecule has 0 aliphatic carbocycles. The minimum atomic E-state index is -0.231. The van der Waals surface area contributed by atoms with E-state index in [0.29, 0.717) is 13.0 Å². The first kappa shape index (κ1) is 15.0. The lowest BCUT2D eigenvalue weighted by molar-refractivity contribution is -0.140. The molecule has 0 radical (unpaired) electrons. The maximum absolute atomic E-state index is 11.9. The van der Waals surface area contributed by atoms with E-state index in [0.717, 1.165) is 6.42 Å². The highest BCUT2D eigenvalue weighted by atomic mass is 16.2. The standard InChI is InChI=1S/C13H25N3O2/c1-5-13(3,4)15-11(17)8-16-7-10(14)9(2)6-12(16)18/h9-10H,5-8,14H2,1-4H3,(H,15,17). The Labute approximate surface area is 109 Å². The van der Waals surface area contributed by atoms with Crippen molar-refractivity contribution in [1.82, 2.24) is 10.2 Å². The Morgan fingerprint density at radius 3 is 2.72 bits per heavy atom. The van der Waals surface area contributed by atoms with Crippen molar-refractivity contribution in [2.24, 2.45) is 11.7 Å². The van der Waals surface area contributed by atoms with Gasteiger partial charge in [0.15, 0.2) is 0 Å². The van der Waals surface area contributed by atoms with Crippen molar-refractivity contribution in [3.8, 4) is 0 Å². The van der Waals surface area contributed by atoms with Gasteiger partial charge in [-0.05, 0) is 26.2 Å². The third kappa shape index (κ3) is 3.98. The van der Waals surface area contributed by atoms with Crippen LogP contribution in [0.3, 0.4) is 0 Å². The van der Waals surface area contributed by atoms with Gasteiger partial charge in [0.25, 0.3) is 0 Å². The number of likely N-dealkylation sites (tertiary alicyclic amines) is 1. The van der Waals surface area contributed by atoms with Gasteiger partial charge in [-0.15, -0.1) is 0 Å². The summed E-state index contributed by atoms with van der Waals surface area (Å²) in [6.45, 7) is 8.51. The maximum atomic E-state index is 11.9. The predicted molar refractivity (Wildman–Crippen MR) is 70.8 cm³/mol. The van der Waals surface area contributed by atoms with Crippen molar-refractivity contribution in [2.45, 2.75) is 52.1 Å². The van der Waals surface area contributed by atoms with Crippen LogP contribution in [0.25, 0.3) is 0 Å². The van der Waals surface area contributed by atoms with Gasteiger partial charge >= 0.3 is 0 Å². The molecule has 1 heterocycles. The number of nitrogens with two attached hydrogens (primary N) is 1. The number of nitrogens with one attached hydrogen (secondary N) is 1. The van der Waals surface area contributed by atoms with E-state index in [1.54, 1.807) is 4.90 Å². The molecule has 0 aromatic rings. The Morgan fingerprint density at radius 1 is 1.56 bits per heavy atom. The fourth-order valence-electron chi connectivity index (χ4n) is 1.92. The fourth-order valence-corrected chi connectivity index (χ4v) is 1.92. The van der Waals surface area contributed by atoms with Crippen molar-refractivity contribution in [3.63, 3.8) is 0 Å². The van der Waals surface area contributed by atoms with Gasteiger partial charge in [-0.25, -0.2) is 0 Å². The highest BCUT2D eigenvalue weighted by Gasteiger charge is 2.30. The van der Waals surface area contributed by atoms with Crippen LogP contribution in [0.1, 0.15) is 40.5 Å². The lowest BCUT2D eigenvalue weighted by Crippen LogP contribution is -2.54. The summed E-state index contributed by atoms with van der Waals surface area (Å²) in [6, 6.07) is -0.0327. The molecule has 5 heteroatoms. The SMILES string of the molecule is CCC(C)(C)NC(=O)CN1CC(N)C(C)CC1=O. The third-order valence-corrected chi connectivity index (χ3v) is 3.71. The van der Waals surface area contributed by atoms with E-state index >= 15 is 0 Å². The minimum Gasteiger partial charge on any atom is -0.350 e. The molecule has 1 rings (SSSR count). The van der Waals surface area contributed by atoms with Gasteiger partial charge in [0.05, 0.1) is 6.54 Å². The molecule has 1 aliphatic rings. The van der Waals surface area contributed by atoms with Gasteiger partial charge in [0.1, 0.15) is 0 Å². The van der Waals surface area contributed by atoms with Crippen LogP contribution in [0.15, 0.2) is 0 Å². The molecule has 5 nitrogen and oxygen atoms in total. The Kier molecular flexibility index (Phi) is 4.73. The molecule has 0 bridgehead atoms. The summed E-state index contributed by atoms with van der Waals surface area (Å²) in [5.74, 6) is 0.106. The third-order valence-electron chi connectivity index (χ3n) is 3.71. The van der Waals surface area contributed by atoms with Crippen LogP contribution >= 0.6 is 0 Å². The summed E-state index contributed by atoms with van der Waals surface area (Å²) in [4.78, 5) is 25.2. The van der Waals surface area contributed by atoms with Crippen LogP contribution in [0, 0.1) is 5.92 Å². The van der Waals surface area contributed by atoms with Crippen molar-refractivity contribution in [2.75, 3.05) is 13.1 Å². The molecule has 1 fully saturated rings. The second-order valence-corrected chi connectivity index (χ2v) is 5.91. The quantitative estimate of drug-likeness (QED) is 0.767. The van der Waals surface area contributed by atoms with E-state index in [1.807, 2.05) is 27.7 Å². The molecule has 0 spiro atoms. The predicted octanol–water partition coefficient (Wildman–Crippen LogP) is 0.487. The average Bonchev–Trinajstić information content (AvgIpc) is 2.25. The van der Waals surface area contributed by atoms with Gasteiger partial charge in [-0.2, -0.15) is 0 Å². The normalized spacial score (nSPS) is 25.2. The number of carbonyl (C=O) groups excluding carboxylic acids is 2. The molecule has 1 aliphatic heterocycles. The van der Waals surface area contributed by atoms with E-state index in [1.165, 1.54) is 0 Å². The number of rotatable bonds is 4.